The van der Waals surface area contributed by atoms with Gasteiger partial charge in [-0.1, -0.05) is 6.92 Å². The maximum absolute atomic E-state index is 12.0. The summed E-state index contributed by atoms with van der Waals surface area (Å²) in [6.07, 6.45) is 2.23. The Labute approximate surface area is 112 Å². The molecule has 1 aliphatic rings. The van der Waals surface area contributed by atoms with Crippen molar-refractivity contribution in [3.63, 3.8) is 0 Å². The van der Waals surface area contributed by atoms with Crippen LogP contribution >= 0.6 is 0 Å². The number of carbonyl (C=O) groups excluding carboxylic acids is 1. The van der Waals surface area contributed by atoms with Gasteiger partial charge in [-0.05, 0) is 55.9 Å². The fraction of sp³-hybridized carbons (Fsp3) is 0.467. The molecular weight excluding hydrogens is 242 g/mol. The smallest absolute Gasteiger partial charge is 0.336 e. The summed E-state index contributed by atoms with van der Waals surface area (Å²) in [5.41, 5.74) is 2.42. The van der Waals surface area contributed by atoms with E-state index in [0.29, 0.717) is 11.6 Å². The van der Waals surface area contributed by atoms with E-state index < -0.39 is 5.97 Å². The molecule has 0 aliphatic heterocycles. The second-order valence-electron chi connectivity index (χ2n) is 5.39. The number of benzene rings is 1. The quantitative estimate of drug-likeness (QED) is 0.875. The fourth-order valence-electron chi connectivity index (χ4n) is 2.22. The summed E-state index contributed by atoms with van der Waals surface area (Å²) in [5.74, 6) is -0.505. The molecule has 1 unspecified atom stereocenters. The summed E-state index contributed by atoms with van der Waals surface area (Å²) in [4.78, 5) is 23.2. The molecule has 4 heteroatoms. The van der Waals surface area contributed by atoms with Gasteiger partial charge in [0.15, 0.2) is 0 Å². The highest BCUT2D eigenvalue weighted by molar-refractivity contribution is 5.96. The van der Waals surface area contributed by atoms with Crippen molar-refractivity contribution >= 4 is 17.6 Å². The Morgan fingerprint density at radius 3 is 2.47 bits per heavy atom. The van der Waals surface area contributed by atoms with Crippen LogP contribution in [0.1, 0.15) is 41.3 Å². The molecule has 1 saturated carbocycles. The predicted octanol–water partition coefficient (Wildman–Crippen LogP) is 2.99. The van der Waals surface area contributed by atoms with Gasteiger partial charge in [-0.3, -0.25) is 4.79 Å². The molecule has 2 rings (SSSR count). The van der Waals surface area contributed by atoms with Gasteiger partial charge in [-0.15, -0.1) is 0 Å². The van der Waals surface area contributed by atoms with Gasteiger partial charge in [0.05, 0.1) is 5.56 Å². The Bertz CT molecular complexity index is 532. The van der Waals surface area contributed by atoms with Gasteiger partial charge in [-0.2, -0.15) is 0 Å². The first kappa shape index (κ1) is 13.6. The molecule has 2 N–H and O–H groups in total. The molecule has 1 aromatic carbocycles. The number of rotatable bonds is 4. The normalized spacial score (nSPS) is 15.9. The topological polar surface area (TPSA) is 66.4 Å². The van der Waals surface area contributed by atoms with Crippen molar-refractivity contribution in [1.29, 1.82) is 0 Å². The van der Waals surface area contributed by atoms with Gasteiger partial charge in [0.25, 0.3) is 0 Å². The Hall–Kier alpha value is -1.84. The maximum atomic E-state index is 12.0. The largest absolute Gasteiger partial charge is 0.478 e. The third kappa shape index (κ3) is 2.95. The number of nitrogens with one attached hydrogen (secondary N) is 1. The molecule has 1 fully saturated rings. The van der Waals surface area contributed by atoms with Crippen LogP contribution in [0.2, 0.25) is 0 Å². The van der Waals surface area contributed by atoms with Crippen LogP contribution in [0, 0.1) is 25.7 Å². The van der Waals surface area contributed by atoms with Crippen LogP contribution in [-0.4, -0.2) is 17.0 Å². The number of amides is 1. The average molecular weight is 261 g/mol. The lowest BCUT2D eigenvalue weighted by atomic mass is 10.0. The molecule has 0 aromatic heterocycles. The minimum atomic E-state index is -0.966. The molecule has 0 bridgehead atoms. The van der Waals surface area contributed by atoms with Crippen LogP contribution in [-0.2, 0) is 4.79 Å². The lowest BCUT2D eigenvalue weighted by Crippen LogP contribution is -2.22. The number of carbonyl (C=O) groups is 2. The molecule has 102 valence electrons. The van der Waals surface area contributed by atoms with E-state index >= 15 is 0 Å². The van der Waals surface area contributed by atoms with E-state index in [1.165, 1.54) is 6.07 Å². The zero-order valence-electron chi connectivity index (χ0n) is 11.5. The van der Waals surface area contributed by atoms with E-state index in [2.05, 4.69) is 5.32 Å². The van der Waals surface area contributed by atoms with Gasteiger partial charge < -0.3 is 10.4 Å². The summed E-state index contributed by atoms with van der Waals surface area (Å²) in [7, 11) is 0. The van der Waals surface area contributed by atoms with Crippen LogP contribution in [0.25, 0.3) is 0 Å². The Morgan fingerprint density at radius 2 is 1.95 bits per heavy atom. The Balaban J connectivity index is 2.20. The van der Waals surface area contributed by atoms with E-state index in [1.54, 1.807) is 6.92 Å². The highest BCUT2D eigenvalue weighted by Gasteiger charge is 2.32. The Morgan fingerprint density at radius 1 is 1.32 bits per heavy atom. The third-order valence-electron chi connectivity index (χ3n) is 3.91. The molecular formula is C15H19NO3. The number of carboxylic acids is 1. The van der Waals surface area contributed by atoms with Gasteiger partial charge in [0.1, 0.15) is 0 Å². The zero-order valence-corrected chi connectivity index (χ0v) is 11.5. The standard InChI is InChI=1S/C15H19NO3/c1-8-6-12(7-13(9(8)2)15(18)19)16-14(17)10(3)11-4-5-11/h6-7,10-11H,4-5H2,1-3H3,(H,16,17)(H,18,19). The van der Waals surface area contributed by atoms with Gasteiger partial charge >= 0.3 is 5.97 Å². The number of hydrogen-bond acceptors (Lipinski definition) is 2. The number of aryl methyl sites for hydroxylation is 1. The lowest BCUT2D eigenvalue weighted by molar-refractivity contribution is -0.119. The van der Waals surface area contributed by atoms with E-state index in [9.17, 15) is 9.59 Å². The molecule has 0 saturated heterocycles. The monoisotopic (exact) mass is 261 g/mol. The molecule has 0 heterocycles. The highest BCUT2D eigenvalue weighted by Crippen LogP contribution is 2.37. The summed E-state index contributed by atoms with van der Waals surface area (Å²) in [5, 5.41) is 12.0. The Kier molecular flexibility index (Phi) is 3.60. The van der Waals surface area contributed by atoms with Crippen LogP contribution < -0.4 is 5.32 Å². The fourth-order valence-corrected chi connectivity index (χ4v) is 2.22. The van der Waals surface area contributed by atoms with Gasteiger partial charge in [0.2, 0.25) is 5.91 Å². The number of aromatic carboxylic acids is 1. The van der Waals surface area contributed by atoms with E-state index in [4.69, 9.17) is 5.11 Å². The van der Waals surface area contributed by atoms with Crippen LogP contribution in [0.15, 0.2) is 12.1 Å². The lowest BCUT2D eigenvalue weighted by Gasteiger charge is -2.13. The second kappa shape index (κ2) is 5.03. The molecule has 1 aromatic rings. The highest BCUT2D eigenvalue weighted by atomic mass is 16.4. The summed E-state index contributed by atoms with van der Waals surface area (Å²) in [6, 6.07) is 3.35. The van der Waals surface area contributed by atoms with Crippen molar-refractivity contribution in [1.82, 2.24) is 0 Å². The van der Waals surface area contributed by atoms with Crippen molar-refractivity contribution in [2.24, 2.45) is 11.8 Å². The first-order chi connectivity index (χ1) is 8.90. The van der Waals surface area contributed by atoms with Crippen LogP contribution in [0.4, 0.5) is 5.69 Å². The van der Waals surface area contributed by atoms with E-state index in [1.807, 2.05) is 19.9 Å². The summed E-state index contributed by atoms with van der Waals surface area (Å²) in [6.45, 7) is 5.55. The predicted molar refractivity (Wildman–Crippen MR) is 73.4 cm³/mol. The van der Waals surface area contributed by atoms with Crippen molar-refractivity contribution in [2.45, 2.75) is 33.6 Å². The van der Waals surface area contributed by atoms with Crippen molar-refractivity contribution < 1.29 is 14.7 Å². The molecule has 4 nitrogen and oxygen atoms in total. The molecule has 1 aliphatic carbocycles. The van der Waals surface area contributed by atoms with Crippen LogP contribution in [0.5, 0.6) is 0 Å². The van der Waals surface area contributed by atoms with Crippen molar-refractivity contribution in [3.8, 4) is 0 Å². The molecule has 1 amide bonds. The summed E-state index contributed by atoms with van der Waals surface area (Å²) < 4.78 is 0. The maximum Gasteiger partial charge on any atom is 0.336 e. The van der Waals surface area contributed by atoms with Crippen LogP contribution in [0.3, 0.4) is 0 Å². The molecule has 1 atom stereocenters. The molecule has 0 spiro atoms. The van der Waals surface area contributed by atoms with E-state index in [-0.39, 0.29) is 17.4 Å². The molecule has 19 heavy (non-hydrogen) atoms. The van der Waals surface area contributed by atoms with E-state index in [0.717, 1.165) is 24.0 Å². The van der Waals surface area contributed by atoms with Gasteiger partial charge in [0, 0.05) is 11.6 Å². The first-order valence-electron chi connectivity index (χ1n) is 6.55. The first-order valence-corrected chi connectivity index (χ1v) is 6.55. The number of anilines is 1. The number of hydrogen-bond donors (Lipinski definition) is 2. The minimum absolute atomic E-state index is 0.00473. The average Bonchev–Trinajstić information content (AvgIpc) is 3.16. The SMILES string of the molecule is Cc1cc(NC(=O)C(C)C2CC2)cc(C(=O)O)c1C. The molecule has 0 radical (unpaired) electrons. The minimum Gasteiger partial charge on any atom is -0.478 e. The summed E-state index contributed by atoms with van der Waals surface area (Å²) >= 11 is 0. The number of carboxylic acid groups (broad SMARTS) is 1. The zero-order chi connectivity index (χ0) is 14.2. The van der Waals surface area contributed by atoms with Crippen molar-refractivity contribution in [2.75, 3.05) is 5.32 Å². The third-order valence-corrected chi connectivity index (χ3v) is 3.91. The van der Waals surface area contributed by atoms with Crippen molar-refractivity contribution in [3.05, 3.63) is 28.8 Å². The second-order valence-corrected chi connectivity index (χ2v) is 5.39. The van der Waals surface area contributed by atoms with Gasteiger partial charge in [-0.25, -0.2) is 4.79 Å².